The molecule has 6 heteroatoms. The second-order valence-electron chi connectivity index (χ2n) is 4.74. The molecule has 2 aromatic carbocycles. The Balaban J connectivity index is 2.43. The number of methoxy groups -OCH3 is 2. The van der Waals surface area contributed by atoms with E-state index in [0.717, 1.165) is 12.7 Å². The van der Waals surface area contributed by atoms with Gasteiger partial charge in [-0.3, -0.25) is 4.79 Å². The molecule has 23 heavy (non-hydrogen) atoms. The average Bonchev–Trinajstić information content (AvgIpc) is 2.57. The predicted molar refractivity (Wildman–Crippen MR) is 106 cm³/mol. The van der Waals surface area contributed by atoms with E-state index >= 15 is 0 Å². The van der Waals surface area contributed by atoms with Crippen molar-refractivity contribution < 1.29 is 13.9 Å². The van der Waals surface area contributed by atoms with Crippen molar-refractivity contribution in [3.63, 3.8) is 0 Å². The molecule has 1 heterocycles. The third-order valence-electron chi connectivity index (χ3n) is 3.44. The Labute approximate surface area is 160 Å². The lowest BCUT2D eigenvalue weighted by molar-refractivity contribution is 0.389. The lowest BCUT2D eigenvalue weighted by Crippen LogP contribution is -2.07. The fourth-order valence-electron chi connectivity index (χ4n) is 2.39. The molecule has 3 aromatic rings. The summed E-state index contributed by atoms with van der Waals surface area (Å²) in [7, 11) is 3.12. The molecule has 0 atom stereocenters. The van der Waals surface area contributed by atoms with Gasteiger partial charge < -0.3 is 13.9 Å². The Hall–Kier alpha value is -1.29. The number of hydrogen-bond acceptors (Lipinski definition) is 4. The van der Waals surface area contributed by atoms with Crippen LogP contribution >= 0.6 is 45.2 Å². The van der Waals surface area contributed by atoms with Crippen molar-refractivity contribution in [2.45, 2.75) is 0 Å². The van der Waals surface area contributed by atoms with Crippen LogP contribution in [-0.4, -0.2) is 14.2 Å². The maximum absolute atomic E-state index is 12.7. The van der Waals surface area contributed by atoms with Gasteiger partial charge in [-0.2, -0.15) is 0 Å². The van der Waals surface area contributed by atoms with Crippen molar-refractivity contribution in [1.29, 1.82) is 0 Å². The quantitative estimate of drug-likeness (QED) is 0.458. The number of ether oxygens (including phenoxy) is 2. The largest absolute Gasteiger partial charge is 0.495 e. The first-order chi connectivity index (χ1) is 11.1. The van der Waals surface area contributed by atoms with Gasteiger partial charge in [-0.25, -0.2) is 0 Å². The Kier molecular flexibility index (Phi) is 4.81. The van der Waals surface area contributed by atoms with Gasteiger partial charge in [0, 0.05) is 11.6 Å². The first kappa shape index (κ1) is 16.6. The van der Waals surface area contributed by atoms with E-state index in [1.54, 1.807) is 7.11 Å². The van der Waals surface area contributed by atoms with Gasteiger partial charge in [0.05, 0.1) is 21.4 Å². The van der Waals surface area contributed by atoms with Crippen LogP contribution in [0.15, 0.2) is 45.6 Å². The van der Waals surface area contributed by atoms with E-state index in [1.165, 1.54) is 13.2 Å². The minimum absolute atomic E-state index is 0.138. The van der Waals surface area contributed by atoms with Gasteiger partial charge in [-0.1, -0.05) is 30.3 Å². The summed E-state index contributed by atoms with van der Waals surface area (Å²) >= 11 is 4.25. The molecule has 0 aliphatic heterocycles. The molecule has 0 spiro atoms. The molecule has 0 bridgehead atoms. The Morgan fingerprint density at radius 3 is 2.22 bits per heavy atom. The van der Waals surface area contributed by atoms with E-state index in [2.05, 4.69) is 45.2 Å². The predicted octanol–water partition coefficient (Wildman–Crippen LogP) is 4.69. The summed E-state index contributed by atoms with van der Waals surface area (Å²) in [4.78, 5) is 12.7. The average molecular weight is 534 g/mol. The van der Waals surface area contributed by atoms with Crippen LogP contribution in [0.2, 0.25) is 0 Å². The normalized spacial score (nSPS) is 10.8. The molecular formula is C17H12I2O4. The SMILES string of the molecule is COc1c(I)c(OC)c2c(=O)cc(-c3ccccc3)oc2c1I. The molecule has 0 amide bonds. The zero-order valence-corrected chi connectivity index (χ0v) is 16.7. The molecule has 3 rings (SSSR count). The molecular weight excluding hydrogens is 522 g/mol. The monoisotopic (exact) mass is 534 g/mol. The highest BCUT2D eigenvalue weighted by Crippen LogP contribution is 2.41. The van der Waals surface area contributed by atoms with Gasteiger partial charge >= 0.3 is 0 Å². The summed E-state index contributed by atoms with van der Waals surface area (Å²) in [5, 5.41) is 0.432. The van der Waals surface area contributed by atoms with Crippen LogP contribution in [0, 0.1) is 7.14 Å². The molecule has 0 unspecified atom stereocenters. The van der Waals surface area contributed by atoms with Gasteiger partial charge in [-0.15, -0.1) is 0 Å². The van der Waals surface area contributed by atoms with Gasteiger partial charge in [0.15, 0.2) is 22.5 Å². The van der Waals surface area contributed by atoms with Crippen molar-refractivity contribution in [2.24, 2.45) is 0 Å². The van der Waals surface area contributed by atoms with Crippen LogP contribution in [0.4, 0.5) is 0 Å². The summed E-state index contributed by atoms with van der Waals surface area (Å²) in [6, 6.07) is 11.0. The fraction of sp³-hybridized carbons (Fsp3) is 0.118. The first-order valence-electron chi connectivity index (χ1n) is 6.70. The van der Waals surface area contributed by atoms with Gasteiger partial charge in [0.25, 0.3) is 0 Å². The minimum Gasteiger partial charge on any atom is -0.495 e. The van der Waals surface area contributed by atoms with Crippen molar-refractivity contribution in [3.8, 4) is 22.8 Å². The minimum atomic E-state index is -0.138. The fourth-order valence-corrected chi connectivity index (χ4v) is 4.76. The van der Waals surface area contributed by atoms with E-state index in [9.17, 15) is 4.79 Å². The number of fused-ring (bicyclic) bond motifs is 1. The maximum atomic E-state index is 12.7. The second-order valence-corrected chi connectivity index (χ2v) is 6.90. The van der Waals surface area contributed by atoms with Crippen molar-refractivity contribution in [2.75, 3.05) is 14.2 Å². The lowest BCUT2D eigenvalue weighted by Gasteiger charge is -2.14. The van der Waals surface area contributed by atoms with Crippen molar-refractivity contribution in [1.82, 2.24) is 0 Å². The first-order valence-corrected chi connectivity index (χ1v) is 8.86. The van der Waals surface area contributed by atoms with Crippen LogP contribution in [-0.2, 0) is 0 Å². The van der Waals surface area contributed by atoms with Gasteiger partial charge in [0.1, 0.15) is 11.1 Å². The lowest BCUT2D eigenvalue weighted by atomic mass is 10.1. The highest BCUT2D eigenvalue weighted by molar-refractivity contribution is 14.1. The summed E-state index contributed by atoms with van der Waals surface area (Å²) < 4.78 is 18.4. The van der Waals surface area contributed by atoms with E-state index in [4.69, 9.17) is 13.9 Å². The zero-order valence-electron chi connectivity index (χ0n) is 12.4. The van der Waals surface area contributed by atoms with E-state index in [0.29, 0.717) is 28.2 Å². The molecule has 0 aliphatic rings. The molecule has 118 valence electrons. The molecule has 0 saturated carbocycles. The Bertz CT molecular complexity index is 933. The number of benzene rings is 2. The molecule has 0 saturated heterocycles. The highest BCUT2D eigenvalue weighted by Gasteiger charge is 2.22. The van der Waals surface area contributed by atoms with Gasteiger partial charge in [-0.05, 0) is 45.2 Å². The molecule has 1 aromatic heterocycles. The van der Waals surface area contributed by atoms with E-state index < -0.39 is 0 Å². The molecule has 0 N–H and O–H groups in total. The maximum Gasteiger partial charge on any atom is 0.197 e. The van der Waals surface area contributed by atoms with E-state index in [-0.39, 0.29) is 5.43 Å². The smallest absolute Gasteiger partial charge is 0.197 e. The van der Waals surface area contributed by atoms with E-state index in [1.807, 2.05) is 30.3 Å². The van der Waals surface area contributed by atoms with Crippen LogP contribution in [0.5, 0.6) is 11.5 Å². The van der Waals surface area contributed by atoms with Crippen LogP contribution in [0.1, 0.15) is 0 Å². The van der Waals surface area contributed by atoms with Crippen molar-refractivity contribution >= 4 is 56.2 Å². The topological polar surface area (TPSA) is 48.7 Å². The molecule has 0 aliphatic carbocycles. The van der Waals surface area contributed by atoms with Crippen LogP contribution in [0.3, 0.4) is 0 Å². The molecule has 0 fully saturated rings. The van der Waals surface area contributed by atoms with Crippen LogP contribution < -0.4 is 14.9 Å². The number of hydrogen-bond donors (Lipinski definition) is 0. The number of halogens is 2. The summed E-state index contributed by atoms with van der Waals surface area (Å²) in [5.41, 5.74) is 1.19. The molecule has 0 radical (unpaired) electrons. The Morgan fingerprint density at radius 1 is 0.957 bits per heavy atom. The van der Waals surface area contributed by atoms with Crippen LogP contribution in [0.25, 0.3) is 22.3 Å². The van der Waals surface area contributed by atoms with Gasteiger partial charge in [0.2, 0.25) is 0 Å². The highest BCUT2D eigenvalue weighted by atomic mass is 127. The second kappa shape index (κ2) is 6.68. The zero-order chi connectivity index (χ0) is 16.6. The third-order valence-corrected chi connectivity index (χ3v) is 5.40. The van der Waals surface area contributed by atoms with Crippen molar-refractivity contribution in [3.05, 3.63) is 53.8 Å². The Morgan fingerprint density at radius 2 is 1.61 bits per heavy atom. The third kappa shape index (κ3) is 2.82. The number of rotatable bonds is 3. The summed E-state index contributed by atoms with van der Waals surface area (Å²) in [5.74, 6) is 1.64. The summed E-state index contributed by atoms with van der Waals surface area (Å²) in [6.45, 7) is 0. The summed E-state index contributed by atoms with van der Waals surface area (Å²) in [6.07, 6.45) is 0. The standard InChI is InChI=1S/C17H12I2O4/c1-21-15-12-10(20)8-11(9-6-4-3-5-7-9)23-16(12)14(19)17(22-2)13(15)18/h3-8H,1-2H3. The molecule has 4 nitrogen and oxygen atoms in total.